The summed E-state index contributed by atoms with van der Waals surface area (Å²) in [5, 5.41) is 3.43. The number of carbonyl (C=O) groups excluding carboxylic acids is 1. The fourth-order valence-electron chi connectivity index (χ4n) is 3.64. The molecule has 1 aromatic heterocycles. The molecule has 0 spiro atoms. The lowest BCUT2D eigenvalue weighted by Gasteiger charge is -2.13. The fourth-order valence-corrected chi connectivity index (χ4v) is 3.64. The molecule has 0 aliphatic carbocycles. The topological polar surface area (TPSA) is 82.5 Å². The molecule has 4 aromatic rings. The Balaban J connectivity index is 1.57. The average molecular weight is 444 g/mol. The molecule has 7 nitrogen and oxygen atoms in total. The van der Waals surface area contributed by atoms with Crippen molar-refractivity contribution in [3.8, 4) is 17.2 Å². The van der Waals surface area contributed by atoms with Crippen LogP contribution in [0, 0.1) is 6.92 Å². The highest BCUT2D eigenvalue weighted by Crippen LogP contribution is 2.29. The van der Waals surface area contributed by atoms with Crippen molar-refractivity contribution in [3.63, 3.8) is 0 Å². The molecule has 0 aliphatic rings. The third-order valence-electron chi connectivity index (χ3n) is 5.13. The summed E-state index contributed by atoms with van der Waals surface area (Å²) in [7, 11) is 0. The molecule has 33 heavy (non-hydrogen) atoms. The van der Waals surface area contributed by atoms with Crippen LogP contribution in [-0.4, -0.2) is 28.7 Å². The zero-order valence-electron chi connectivity index (χ0n) is 18.8. The van der Waals surface area contributed by atoms with Crippen LogP contribution >= 0.6 is 0 Å². The monoisotopic (exact) mass is 443 g/mol. The van der Waals surface area contributed by atoms with Crippen LogP contribution in [0.15, 0.2) is 71.5 Å². The SMILES string of the molecule is CCOc1ccc(C(=O)Nc2ccc(-n3c(C)nc4ccccc4c3=O)cc2)cc1OCC. The third-order valence-corrected chi connectivity index (χ3v) is 5.13. The van der Waals surface area contributed by atoms with Gasteiger partial charge in [0.1, 0.15) is 5.82 Å². The second-order valence-corrected chi connectivity index (χ2v) is 7.35. The largest absolute Gasteiger partial charge is 0.490 e. The number of hydrogen-bond donors (Lipinski definition) is 1. The van der Waals surface area contributed by atoms with E-state index in [0.717, 1.165) is 0 Å². The molecule has 3 aromatic carbocycles. The Morgan fingerprint density at radius 2 is 1.64 bits per heavy atom. The molecule has 0 fully saturated rings. The zero-order valence-corrected chi connectivity index (χ0v) is 18.8. The van der Waals surface area contributed by atoms with Crippen LogP contribution in [0.1, 0.15) is 30.0 Å². The molecular weight excluding hydrogens is 418 g/mol. The summed E-state index contributed by atoms with van der Waals surface area (Å²) < 4.78 is 12.7. The van der Waals surface area contributed by atoms with Gasteiger partial charge in [0, 0.05) is 11.3 Å². The highest BCUT2D eigenvalue weighted by atomic mass is 16.5. The maximum absolute atomic E-state index is 13.0. The van der Waals surface area contributed by atoms with Gasteiger partial charge in [-0.05, 0) is 75.4 Å². The van der Waals surface area contributed by atoms with Crippen molar-refractivity contribution in [2.24, 2.45) is 0 Å². The van der Waals surface area contributed by atoms with Gasteiger partial charge in [-0.1, -0.05) is 12.1 Å². The van der Waals surface area contributed by atoms with Crippen molar-refractivity contribution >= 4 is 22.5 Å². The lowest BCUT2D eigenvalue weighted by atomic mass is 10.1. The van der Waals surface area contributed by atoms with Gasteiger partial charge in [0.05, 0.1) is 29.8 Å². The summed E-state index contributed by atoms with van der Waals surface area (Å²) in [5.41, 5.74) is 2.27. The van der Waals surface area contributed by atoms with E-state index in [4.69, 9.17) is 9.47 Å². The first-order valence-electron chi connectivity index (χ1n) is 10.8. The average Bonchev–Trinajstić information content (AvgIpc) is 2.81. The van der Waals surface area contributed by atoms with Crippen molar-refractivity contribution < 1.29 is 14.3 Å². The number of carbonyl (C=O) groups is 1. The lowest BCUT2D eigenvalue weighted by molar-refractivity contribution is 0.102. The predicted molar refractivity (Wildman–Crippen MR) is 129 cm³/mol. The van der Waals surface area contributed by atoms with Gasteiger partial charge in [-0.25, -0.2) is 4.98 Å². The molecule has 0 radical (unpaired) electrons. The number of nitrogens with zero attached hydrogens (tertiary/aromatic N) is 2. The summed E-state index contributed by atoms with van der Waals surface area (Å²) in [6, 6.07) is 19.4. The van der Waals surface area contributed by atoms with E-state index in [-0.39, 0.29) is 11.5 Å². The number of para-hydroxylation sites is 1. The van der Waals surface area contributed by atoms with Crippen LogP contribution in [-0.2, 0) is 0 Å². The van der Waals surface area contributed by atoms with Gasteiger partial charge in [-0.3, -0.25) is 14.2 Å². The standard InChI is InChI=1S/C26H25N3O4/c1-4-32-23-15-10-18(16-24(23)33-5-2)25(30)28-19-11-13-20(14-12-19)29-17(3)27-22-9-7-6-8-21(22)26(29)31/h6-16H,4-5H2,1-3H3,(H,28,30). The Kier molecular flexibility index (Phi) is 6.40. The molecule has 0 unspecified atom stereocenters. The zero-order chi connectivity index (χ0) is 23.4. The molecule has 1 heterocycles. The van der Waals surface area contributed by atoms with Gasteiger partial charge in [0.15, 0.2) is 11.5 Å². The van der Waals surface area contributed by atoms with Gasteiger partial charge >= 0.3 is 0 Å². The maximum atomic E-state index is 13.0. The molecular formula is C26H25N3O4. The molecule has 0 saturated carbocycles. The molecule has 0 saturated heterocycles. The third kappa shape index (κ3) is 4.57. The minimum Gasteiger partial charge on any atom is -0.490 e. The number of aryl methyl sites for hydroxylation is 1. The second kappa shape index (κ2) is 9.56. The van der Waals surface area contributed by atoms with Gasteiger partial charge in [0.25, 0.3) is 11.5 Å². The summed E-state index contributed by atoms with van der Waals surface area (Å²) in [6.45, 7) is 6.54. The van der Waals surface area contributed by atoms with Crippen LogP contribution in [0.5, 0.6) is 11.5 Å². The molecule has 1 amide bonds. The minimum atomic E-state index is -0.271. The Hall–Kier alpha value is -4.13. The Morgan fingerprint density at radius 3 is 2.36 bits per heavy atom. The van der Waals surface area contributed by atoms with Crippen molar-refractivity contribution in [2.75, 3.05) is 18.5 Å². The smallest absolute Gasteiger partial charge is 0.265 e. The van der Waals surface area contributed by atoms with E-state index in [0.29, 0.717) is 58.4 Å². The van der Waals surface area contributed by atoms with Crippen LogP contribution in [0.2, 0.25) is 0 Å². The van der Waals surface area contributed by atoms with E-state index < -0.39 is 0 Å². The highest BCUT2D eigenvalue weighted by Gasteiger charge is 2.13. The minimum absolute atomic E-state index is 0.132. The Labute approximate surface area is 191 Å². The molecule has 168 valence electrons. The Bertz CT molecular complexity index is 1360. The molecule has 0 aliphatic heterocycles. The first-order chi connectivity index (χ1) is 16.0. The number of rotatable bonds is 7. The van der Waals surface area contributed by atoms with Crippen molar-refractivity contribution in [1.82, 2.24) is 9.55 Å². The predicted octanol–water partition coefficient (Wildman–Crippen LogP) is 4.74. The maximum Gasteiger partial charge on any atom is 0.265 e. The number of anilines is 1. The summed E-state index contributed by atoms with van der Waals surface area (Å²) >= 11 is 0. The van der Waals surface area contributed by atoms with E-state index in [1.807, 2.05) is 32.0 Å². The van der Waals surface area contributed by atoms with Crippen molar-refractivity contribution in [3.05, 3.63) is 88.5 Å². The number of fused-ring (bicyclic) bond motifs is 1. The number of ether oxygens (including phenoxy) is 2. The lowest BCUT2D eigenvalue weighted by Crippen LogP contribution is -2.22. The second-order valence-electron chi connectivity index (χ2n) is 7.35. The van der Waals surface area contributed by atoms with Crippen LogP contribution < -0.4 is 20.3 Å². The van der Waals surface area contributed by atoms with Crippen LogP contribution in [0.3, 0.4) is 0 Å². The van der Waals surface area contributed by atoms with Gasteiger partial charge in [-0.2, -0.15) is 0 Å². The van der Waals surface area contributed by atoms with Gasteiger partial charge < -0.3 is 14.8 Å². The number of aromatic nitrogens is 2. The number of amides is 1. The number of hydrogen-bond acceptors (Lipinski definition) is 5. The normalized spacial score (nSPS) is 10.8. The summed E-state index contributed by atoms with van der Waals surface area (Å²) in [5.74, 6) is 1.45. The number of nitrogens with one attached hydrogen (secondary N) is 1. The molecule has 0 bridgehead atoms. The van der Waals surface area contributed by atoms with E-state index in [1.165, 1.54) is 0 Å². The van der Waals surface area contributed by atoms with Crippen LogP contribution in [0.4, 0.5) is 5.69 Å². The van der Waals surface area contributed by atoms with E-state index in [2.05, 4.69) is 10.3 Å². The quantitative estimate of drug-likeness (QED) is 0.446. The van der Waals surface area contributed by atoms with Gasteiger partial charge in [0.2, 0.25) is 0 Å². The highest BCUT2D eigenvalue weighted by molar-refractivity contribution is 6.04. The summed E-state index contributed by atoms with van der Waals surface area (Å²) in [6.07, 6.45) is 0. The molecule has 0 atom stereocenters. The van der Waals surface area contributed by atoms with E-state index in [1.54, 1.807) is 60.0 Å². The van der Waals surface area contributed by atoms with E-state index in [9.17, 15) is 9.59 Å². The van der Waals surface area contributed by atoms with Crippen LogP contribution in [0.25, 0.3) is 16.6 Å². The molecule has 1 N–H and O–H groups in total. The van der Waals surface area contributed by atoms with Gasteiger partial charge in [-0.15, -0.1) is 0 Å². The Morgan fingerprint density at radius 1 is 0.939 bits per heavy atom. The first-order valence-corrected chi connectivity index (χ1v) is 10.8. The first kappa shape index (κ1) is 22.1. The van der Waals surface area contributed by atoms with Crippen molar-refractivity contribution in [2.45, 2.75) is 20.8 Å². The van der Waals surface area contributed by atoms with Crippen molar-refractivity contribution in [1.29, 1.82) is 0 Å². The molecule has 7 heteroatoms. The number of benzene rings is 3. The summed E-state index contributed by atoms with van der Waals surface area (Å²) in [4.78, 5) is 30.3. The van der Waals surface area contributed by atoms with E-state index >= 15 is 0 Å². The fraction of sp³-hybridized carbons (Fsp3) is 0.192. The molecule has 4 rings (SSSR count).